The van der Waals surface area contributed by atoms with Crippen LogP contribution in [0.25, 0.3) is 0 Å². The van der Waals surface area contributed by atoms with Gasteiger partial charge in [-0.3, -0.25) is 9.59 Å². The van der Waals surface area contributed by atoms with Gasteiger partial charge in [-0.05, 0) is 43.3 Å². The van der Waals surface area contributed by atoms with Gasteiger partial charge in [0.25, 0.3) is 0 Å². The fraction of sp³-hybridized carbons (Fsp3) is 0.188. The molecule has 0 spiro atoms. The van der Waals surface area contributed by atoms with Crippen molar-refractivity contribution in [2.24, 2.45) is 0 Å². The molecule has 0 radical (unpaired) electrons. The first kappa shape index (κ1) is 17.3. The SMILES string of the molecule is CC(=O)Nc1ccc(S[C@@H](C)C(=O)Nc2ccc(Cl)cn2)cc1. The smallest absolute Gasteiger partial charge is 0.238 e. The Balaban J connectivity index is 1.92. The highest BCUT2D eigenvalue weighted by molar-refractivity contribution is 8.00. The Morgan fingerprint density at radius 1 is 1.13 bits per heavy atom. The number of carbonyl (C=O) groups excluding carboxylic acids is 2. The van der Waals surface area contributed by atoms with E-state index in [9.17, 15) is 9.59 Å². The molecule has 2 rings (SSSR count). The topological polar surface area (TPSA) is 71.1 Å². The molecule has 1 aromatic heterocycles. The first-order chi connectivity index (χ1) is 10.9. The van der Waals surface area contributed by atoms with Gasteiger partial charge >= 0.3 is 0 Å². The molecule has 1 atom stereocenters. The molecule has 0 aliphatic rings. The van der Waals surface area contributed by atoms with Crippen LogP contribution < -0.4 is 10.6 Å². The van der Waals surface area contributed by atoms with Crippen LogP contribution in [0.5, 0.6) is 0 Å². The van der Waals surface area contributed by atoms with Crippen LogP contribution >= 0.6 is 23.4 Å². The summed E-state index contributed by atoms with van der Waals surface area (Å²) in [6.45, 7) is 3.28. The molecule has 0 bridgehead atoms. The summed E-state index contributed by atoms with van der Waals surface area (Å²) in [5, 5.41) is 5.66. The third kappa shape index (κ3) is 5.58. The minimum Gasteiger partial charge on any atom is -0.326 e. The van der Waals surface area contributed by atoms with E-state index in [1.807, 2.05) is 19.1 Å². The molecule has 2 N–H and O–H groups in total. The highest BCUT2D eigenvalue weighted by atomic mass is 35.5. The van der Waals surface area contributed by atoms with Crippen LogP contribution in [-0.2, 0) is 9.59 Å². The number of hydrogen-bond donors (Lipinski definition) is 2. The van der Waals surface area contributed by atoms with Gasteiger partial charge < -0.3 is 10.6 Å². The molecule has 23 heavy (non-hydrogen) atoms. The van der Waals surface area contributed by atoms with Crippen LogP contribution in [0, 0.1) is 0 Å². The number of halogens is 1. The number of carbonyl (C=O) groups is 2. The largest absolute Gasteiger partial charge is 0.326 e. The van der Waals surface area contributed by atoms with E-state index >= 15 is 0 Å². The van der Waals surface area contributed by atoms with E-state index in [1.54, 1.807) is 24.3 Å². The fourth-order valence-electron chi connectivity index (χ4n) is 1.76. The number of amides is 2. The molecule has 2 aromatic rings. The molecular formula is C16H16ClN3O2S. The Hall–Kier alpha value is -2.05. The van der Waals surface area contributed by atoms with Crippen molar-refractivity contribution in [3.05, 3.63) is 47.6 Å². The molecule has 2 amide bonds. The van der Waals surface area contributed by atoms with Gasteiger partial charge in [-0.1, -0.05) is 11.6 Å². The number of nitrogens with zero attached hydrogens (tertiary/aromatic N) is 1. The van der Waals surface area contributed by atoms with Crippen LogP contribution in [0.4, 0.5) is 11.5 Å². The first-order valence-corrected chi connectivity index (χ1v) is 8.16. The predicted molar refractivity (Wildman–Crippen MR) is 93.9 cm³/mol. The van der Waals surface area contributed by atoms with Gasteiger partial charge in [0.1, 0.15) is 5.82 Å². The van der Waals surface area contributed by atoms with E-state index in [0.717, 1.165) is 10.6 Å². The van der Waals surface area contributed by atoms with E-state index in [0.29, 0.717) is 10.8 Å². The summed E-state index contributed by atoms with van der Waals surface area (Å²) in [5.41, 5.74) is 0.726. The van der Waals surface area contributed by atoms with E-state index in [-0.39, 0.29) is 17.1 Å². The summed E-state index contributed by atoms with van der Waals surface area (Å²) in [6.07, 6.45) is 1.48. The van der Waals surface area contributed by atoms with Crippen molar-refractivity contribution in [3.63, 3.8) is 0 Å². The van der Waals surface area contributed by atoms with Crippen LogP contribution in [0.15, 0.2) is 47.5 Å². The standard InChI is InChI=1S/C16H16ClN3O2S/c1-10(16(22)20-15-8-3-12(17)9-18-15)23-14-6-4-13(5-7-14)19-11(2)21/h3-10H,1-2H3,(H,19,21)(H,18,20,22)/t10-/m0/s1. The van der Waals surface area contributed by atoms with Crippen molar-refractivity contribution in [2.45, 2.75) is 24.0 Å². The van der Waals surface area contributed by atoms with Gasteiger partial charge in [0.15, 0.2) is 0 Å². The van der Waals surface area contributed by atoms with Gasteiger partial charge in [0, 0.05) is 23.7 Å². The normalized spacial score (nSPS) is 11.6. The van der Waals surface area contributed by atoms with Crippen LogP contribution in [0.1, 0.15) is 13.8 Å². The van der Waals surface area contributed by atoms with Crippen molar-refractivity contribution in [1.82, 2.24) is 4.98 Å². The molecule has 7 heteroatoms. The summed E-state index contributed by atoms with van der Waals surface area (Å²) >= 11 is 7.18. The molecular weight excluding hydrogens is 334 g/mol. The maximum Gasteiger partial charge on any atom is 0.238 e. The van der Waals surface area contributed by atoms with Gasteiger partial charge in [0.2, 0.25) is 11.8 Å². The van der Waals surface area contributed by atoms with Gasteiger partial charge in [-0.2, -0.15) is 0 Å². The maximum atomic E-state index is 12.2. The Kier molecular flexibility index (Phi) is 6.01. The van der Waals surface area contributed by atoms with Crippen molar-refractivity contribution >= 4 is 46.7 Å². The molecule has 1 aromatic carbocycles. The summed E-state index contributed by atoms with van der Waals surface area (Å²) in [6, 6.07) is 10.6. The highest BCUT2D eigenvalue weighted by Gasteiger charge is 2.15. The number of aromatic nitrogens is 1. The Bertz CT molecular complexity index is 689. The van der Waals surface area contributed by atoms with E-state index in [4.69, 9.17) is 11.6 Å². The van der Waals surface area contributed by atoms with Crippen LogP contribution in [0.3, 0.4) is 0 Å². The number of benzene rings is 1. The molecule has 5 nitrogen and oxygen atoms in total. The third-order valence-electron chi connectivity index (χ3n) is 2.84. The van der Waals surface area contributed by atoms with Crippen molar-refractivity contribution in [1.29, 1.82) is 0 Å². The number of pyridine rings is 1. The van der Waals surface area contributed by atoms with E-state index in [1.165, 1.54) is 24.9 Å². The lowest BCUT2D eigenvalue weighted by Gasteiger charge is -2.12. The first-order valence-electron chi connectivity index (χ1n) is 6.91. The second kappa shape index (κ2) is 7.99. The van der Waals surface area contributed by atoms with Crippen molar-refractivity contribution in [2.75, 3.05) is 10.6 Å². The lowest BCUT2D eigenvalue weighted by Crippen LogP contribution is -2.22. The second-order valence-electron chi connectivity index (χ2n) is 4.82. The van der Waals surface area contributed by atoms with E-state index < -0.39 is 0 Å². The van der Waals surface area contributed by atoms with Gasteiger partial charge in [-0.25, -0.2) is 4.98 Å². The fourth-order valence-corrected chi connectivity index (χ4v) is 2.73. The van der Waals surface area contributed by atoms with Crippen molar-refractivity contribution < 1.29 is 9.59 Å². The molecule has 1 heterocycles. The van der Waals surface area contributed by atoms with Gasteiger partial charge in [0.05, 0.1) is 10.3 Å². The average Bonchev–Trinajstić information content (AvgIpc) is 2.51. The lowest BCUT2D eigenvalue weighted by atomic mass is 10.3. The zero-order valence-electron chi connectivity index (χ0n) is 12.7. The van der Waals surface area contributed by atoms with E-state index in [2.05, 4.69) is 15.6 Å². The molecule has 0 unspecified atom stereocenters. The lowest BCUT2D eigenvalue weighted by molar-refractivity contribution is -0.115. The minimum atomic E-state index is -0.293. The molecule has 0 saturated heterocycles. The third-order valence-corrected chi connectivity index (χ3v) is 4.17. The number of hydrogen-bond acceptors (Lipinski definition) is 4. The molecule has 120 valence electrons. The molecule has 0 aliphatic heterocycles. The number of rotatable bonds is 5. The van der Waals surface area contributed by atoms with Gasteiger partial charge in [-0.15, -0.1) is 11.8 Å². The summed E-state index contributed by atoms with van der Waals surface area (Å²) < 4.78 is 0. The zero-order valence-corrected chi connectivity index (χ0v) is 14.2. The Morgan fingerprint density at radius 2 is 1.83 bits per heavy atom. The summed E-state index contributed by atoms with van der Waals surface area (Å²) in [7, 11) is 0. The number of thioether (sulfide) groups is 1. The van der Waals surface area contributed by atoms with Crippen molar-refractivity contribution in [3.8, 4) is 0 Å². The molecule has 0 aliphatic carbocycles. The molecule has 0 saturated carbocycles. The van der Waals surface area contributed by atoms with Crippen LogP contribution in [0.2, 0.25) is 5.02 Å². The Morgan fingerprint density at radius 3 is 2.39 bits per heavy atom. The average molecular weight is 350 g/mol. The maximum absolute atomic E-state index is 12.2. The van der Waals surface area contributed by atoms with Crippen LogP contribution in [-0.4, -0.2) is 22.0 Å². The Labute approximate surface area is 143 Å². The molecule has 0 fully saturated rings. The number of anilines is 2. The minimum absolute atomic E-state index is 0.117. The number of nitrogens with one attached hydrogen (secondary N) is 2. The predicted octanol–water partition coefficient (Wildman–Crippen LogP) is 3.81. The second-order valence-corrected chi connectivity index (χ2v) is 6.67. The monoisotopic (exact) mass is 349 g/mol. The highest BCUT2D eigenvalue weighted by Crippen LogP contribution is 2.25. The summed E-state index contributed by atoms with van der Waals surface area (Å²) in [4.78, 5) is 28.1. The quantitative estimate of drug-likeness (QED) is 0.805. The zero-order chi connectivity index (χ0) is 16.8. The summed E-state index contributed by atoms with van der Waals surface area (Å²) in [5.74, 6) is 0.206.